The first-order valence-electron chi connectivity index (χ1n) is 8.55. The third kappa shape index (κ3) is 4.47. The van der Waals surface area contributed by atoms with Crippen LogP contribution in [0.3, 0.4) is 0 Å². The van der Waals surface area contributed by atoms with Gasteiger partial charge < -0.3 is 10.1 Å². The predicted octanol–water partition coefficient (Wildman–Crippen LogP) is 5.02. The van der Waals surface area contributed by atoms with Gasteiger partial charge in [0.15, 0.2) is 0 Å². The molecule has 21 heavy (non-hydrogen) atoms. The molecule has 1 aliphatic heterocycles. The Morgan fingerprint density at radius 1 is 1.19 bits per heavy atom. The van der Waals surface area contributed by atoms with E-state index < -0.39 is 0 Å². The summed E-state index contributed by atoms with van der Waals surface area (Å²) < 4.78 is 5.97. The topological polar surface area (TPSA) is 21.3 Å². The number of hydrogen-bond donors (Lipinski definition) is 1. The van der Waals surface area contributed by atoms with Crippen LogP contribution in [-0.4, -0.2) is 12.6 Å². The lowest BCUT2D eigenvalue weighted by atomic mass is 9.95. The van der Waals surface area contributed by atoms with Crippen molar-refractivity contribution in [3.05, 3.63) is 29.3 Å². The summed E-state index contributed by atoms with van der Waals surface area (Å²) in [5, 5.41) is 3.48. The van der Waals surface area contributed by atoms with Gasteiger partial charge in [0.05, 0.1) is 0 Å². The van der Waals surface area contributed by atoms with Crippen LogP contribution in [0.25, 0.3) is 0 Å². The molecule has 1 N–H and O–H groups in total. The van der Waals surface area contributed by atoms with Crippen molar-refractivity contribution in [2.75, 3.05) is 7.05 Å². The molecule has 1 aliphatic rings. The van der Waals surface area contributed by atoms with Crippen LogP contribution in [0.5, 0.6) is 5.75 Å². The molecule has 0 bridgehead atoms. The first kappa shape index (κ1) is 16.4. The molecule has 0 spiro atoms. The molecule has 1 aromatic rings. The summed E-state index contributed by atoms with van der Waals surface area (Å²) in [5.41, 5.74) is 2.73. The smallest absolute Gasteiger partial charge is 0.123 e. The molecule has 1 heterocycles. The number of rotatable bonds is 8. The average Bonchev–Trinajstić information content (AvgIpc) is 2.75. The molecule has 0 aromatic heterocycles. The highest BCUT2D eigenvalue weighted by Gasteiger charge is 2.30. The molecule has 2 rings (SSSR count). The molecule has 0 amide bonds. The zero-order valence-corrected chi connectivity index (χ0v) is 14.2. The molecule has 0 saturated heterocycles. The van der Waals surface area contributed by atoms with Gasteiger partial charge in [0.2, 0.25) is 0 Å². The third-order valence-electron chi connectivity index (χ3n) is 4.43. The molecule has 0 fully saturated rings. The number of unbranched alkanes of at least 4 members (excludes halogenated alkanes) is 4. The van der Waals surface area contributed by atoms with Gasteiger partial charge in [-0.05, 0) is 44.5 Å². The van der Waals surface area contributed by atoms with Gasteiger partial charge in [-0.1, -0.05) is 51.2 Å². The van der Waals surface area contributed by atoms with E-state index in [1.54, 1.807) is 0 Å². The van der Waals surface area contributed by atoms with E-state index in [-0.39, 0.29) is 5.60 Å². The Labute approximate surface area is 130 Å². The van der Waals surface area contributed by atoms with E-state index in [2.05, 4.69) is 51.3 Å². The minimum atomic E-state index is -0.0454. The summed E-state index contributed by atoms with van der Waals surface area (Å²) in [7, 11) is 2.07. The second-order valence-electron chi connectivity index (χ2n) is 6.95. The minimum Gasteiger partial charge on any atom is -0.487 e. The van der Waals surface area contributed by atoms with Crippen LogP contribution in [0.2, 0.25) is 0 Å². The summed E-state index contributed by atoms with van der Waals surface area (Å²) >= 11 is 0. The van der Waals surface area contributed by atoms with Gasteiger partial charge in [0, 0.05) is 12.5 Å². The van der Waals surface area contributed by atoms with E-state index in [1.165, 1.54) is 49.7 Å². The largest absolute Gasteiger partial charge is 0.487 e. The fraction of sp³-hybridized carbons (Fsp3) is 0.684. The number of hydrogen-bond acceptors (Lipinski definition) is 2. The van der Waals surface area contributed by atoms with Crippen LogP contribution in [0, 0.1) is 0 Å². The van der Waals surface area contributed by atoms with Crippen molar-refractivity contribution in [3.63, 3.8) is 0 Å². The highest BCUT2D eigenvalue weighted by Crippen LogP contribution is 2.36. The molecule has 118 valence electrons. The SMILES string of the molecule is CCCCCCCC(NC)c1ccc2c(c1)CC(C)(C)O2. The Balaban J connectivity index is 1.94. The quantitative estimate of drug-likeness (QED) is 0.678. The van der Waals surface area contributed by atoms with Gasteiger partial charge in [0.1, 0.15) is 11.4 Å². The standard InChI is InChI=1S/C19H31NO/c1-5-6-7-8-9-10-17(20-4)15-11-12-18-16(13-15)14-19(2,3)21-18/h11-13,17,20H,5-10,14H2,1-4H3. The molecule has 2 nitrogen and oxygen atoms in total. The Kier molecular flexibility index (Phi) is 5.69. The summed E-state index contributed by atoms with van der Waals surface area (Å²) in [6.45, 7) is 6.59. The second-order valence-corrected chi connectivity index (χ2v) is 6.95. The van der Waals surface area contributed by atoms with E-state index in [9.17, 15) is 0 Å². The number of benzene rings is 1. The number of nitrogens with one attached hydrogen (secondary N) is 1. The number of ether oxygens (including phenoxy) is 1. The Morgan fingerprint density at radius 2 is 1.95 bits per heavy atom. The summed E-state index contributed by atoms with van der Waals surface area (Å²) in [4.78, 5) is 0. The van der Waals surface area contributed by atoms with Gasteiger partial charge in [-0.2, -0.15) is 0 Å². The highest BCUT2D eigenvalue weighted by atomic mass is 16.5. The van der Waals surface area contributed by atoms with Gasteiger partial charge in [-0.3, -0.25) is 0 Å². The maximum Gasteiger partial charge on any atom is 0.123 e. The van der Waals surface area contributed by atoms with Gasteiger partial charge in [-0.15, -0.1) is 0 Å². The highest BCUT2D eigenvalue weighted by molar-refractivity contribution is 5.42. The van der Waals surface area contributed by atoms with E-state index in [0.29, 0.717) is 6.04 Å². The van der Waals surface area contributed by atoms with Crippen LogP contribution in [-0.2, 0) is 6.42 Å². The zero-order valence-electron chi connectivity index (χ0n) is 14.2. The maximum absolute atomic E-state index is 5.97. The lowest BCUT2D eigenvalue weighted by molar-refractivity contribution is 0.138. The van der Waals surface area contributed by atoms with Crippen molar-refractivity contribution >= 4 is 0 Å². The molecule has 0 aliphatic carbocycles. The van der Waals surface area contributed by atoms with Crippen molar-refractivity contribution < 1.29 is 4.74 Å². The Hall–Kier alpha value is -1.02. The molecule has 1 aromatic carbocycles. The first-order valence-corrected chi connectivity index (χ1v) is 8.55. The van der Waals surface area contributed by atoms with Gasteiger partial charge in [-0.25, -0.2) is 0 Å². The van der Waals surface area contributed by atoms with Crippen LogP contribution >= 0.6 is 0 Å². The fourth-order valence-corrected chi connectivity index (χ4v) is 3.28. The summed E-state index contributed by atoms with van der Waals surface area (Å²) in [5.74, 6) is 1.07. The van der Waals surface area contributed by atoms with Gasteiger partial charge >= 0.3 is 0 Å². The van der Waals surface area contributed by atoms with Crippen molar-refractivity contribution in [3.8, 4) is 5.75 Å². The zero-order chi connectivity index (χ0) is 15.3. The summed E-state index contributed by atoms with van der Waals surface area (Å²) in [6, 6.07) is 7.20. The number of fused-ring (bicyclic) bond motifs is 1. The molecule has 0 saturated carbocycles. The van der Waals surface area contributed by atoms with Crippen molar-refractivity contribution in [2.24, 2.45) is 0 Å². The fourth-order valence-electron chi connectivity index (χ4n) is 3.28. The average molecular weight is 289 g/mol. The van der Waals surface area contributed by atoms with Crippen LogP contribution in [0.4, 0.5) is 0 Å². The molecule has 0 radical (unpaired) electrons. The summed E-state index contributed by atoms with van der Waals surface area (Å²) in [6.07, 6.45) is 8.97. The third-order valence-corrected chi connectivity index (χ3v) is 4.43. The maximum atomic E-state index is 5.97. The van der Waals surface area contributed by atoms with Crippen molar-refractivity contribution in [1.29, 1.82) is 0 Å². The van der Waals surface area contributed by atoms with E-state index >= 15 is 0 Å². The first-order chi connectivity index (χ1) is 10.1. The molecule has 1 unspecified atom stereocenters. The Bertz CT molecular complexity index is 453. The van der Waals surface area contributed by atoms with E-state index in [0.717, 1.165) is 12.2 Å². The van der Waals surface area contributed by atoms with Crippen molar-refractivity contribution in [1.82, 2.24) is 5.32 Å². The lowest BCUT2D eigenvalue weighted by Gasteiger charge is -2.17. The van der Waals surface area contributed by atoms with Crippen molar-refractivity contribution in [2.45, 2.75) is 77.4 Å². The predicted molar refractivity (Wildman–Crippen MR) is 90.0 cm³/mol. The Morgan fingerprint density at radius 3 is 2.67 bits per heavy atom. The van der Waals surface area contributed by atoms with Crippen LogP contribution in [0.15, 0.2) is 18.2 Å². The monoisotopic (exact) mass is 289 g/mol. The lowest BCUT2D eigenvalue weighted by Crippen LogP contribution is -2.24. The molecule has 2 heteroatoms. The normalized spacial score (nSPS) is 17.3. The van der Waals surface area contributed by atoms with E-state index in [4.69, 9.17) is 4.74 Å². The van der Waals surface area contributed by atoms with Crippen LogP contribution in [0.1, 0.15) is 76.5 Å². The molecular formula is C19H31NO. The van der Waals surface area contributed by atoms with Gasteiger partial charge in [0.25, 0.3) is 0 Å². The molecular weight excluding hydrogens is 258 g/mol. The molecule has 1 atom stereocenters. The van der Waals surface area contributed by atoms with Crippen LogP contribution < -0.4 is 10.1 Å². The second kappa shape index (κ2) is 7.31. The van der Waals surface area contributed by atoms with E-state index in [1.807, 2.05) is 0 Å². The minimum absolute atomic E-state index is 0.0454.